The van der Waals surface area contributed by atoms with Crippen molar-refractivity contribution in [1.29, 1.82) is 0 Å². The maximum absolute atomic E-state index is 11.6. The third-order valence-corrected chi connectivity index (χ3v) is 2.83. The molecule has 0 unspecified atom stereocenters. The van der Waals surface area contributed by atoms with Gasteiger partial charge < -0.3 is 9.47 Å². The highest BCUT2D eigenvalue weighted by Crippen LogP contribution is 2.18. The molecule has 2 rings (SSSR count). The first kappa shape index (κ1) is 11.6. The number of rotatable bonds is 4. The first-order valence-electron chi connectivity index (χ1n) is 4.84. The van der Waals surface area contributed by atoms with E-state index in [-0.39, 0.29) is 5.56 Å². The van der Waals surface area contributed by atoms with Gasteiger partial charge in [-0.25, -0.2) is 4.68 Å². The van der Waals surface area contributed by atoms with Gasteiger partial charge in [0.1, 0.15) is 0 Å². The third-order valence-electron chi connectivity index (χ3n) is 2.17. The second-order valence-electron chi connectivity index (χ2n) is 3.22. The molecule has 90 valence electrons. The molecule has 0 saturated heterocycles. The molecule has 0 spiro atoms. The highest BCUT2D eigenvalue weighted by molar-refractivity contribution is 7.03. The largest absolute Gasteiger partial charge is 0.480 e. The summed E-state index contributed by atoms with van der Waals surface area (Å²) < 4.78 is 15.4. The van der Waals surface area contributed by atoms with Crippen molar-refractivity contribution in [3.63, 3.8) is 0 Å². The molecule has 0 aliphatic rings. The average Bonchev–Trinajstić information content (AvgIpc) is 2.79. The Bertz CT molecular complexity index is 564. The van der Waals surface area contributed by atoms with E-state index >= 15 is 0 Å². The van der Waals surface area contributed by atoms with Crippen molar-refractivity contribution >= 4 is 11.5 Å². The van der Waals surface area contributed by atoms with Crippen LogP contribution in [0.3, 0.4) is 0 Å². The number of nitrogens with zero attached hydrogens (tertiary/aromatic N) is 3. The maximum atomic E-state index is 11.6. The van der Waals surface area contributed by atoms with Gasteiger partial charge in [-0.15, -0.1) is 5.10 Å². The number of hydrogen-bond acceptors (Lipinski definition) is 6. The van der Waals surface area contributed by atoms with Gasteiger partial charge in [0.15, 0.2) is 0 Å². The van der Waals surface area contributed by atoms with E-state index in [0.717, 1.165) is 5.56 Å². The first-order valence-corrected chi connectivity index (χ1v) is 5.67. The molecule has 0 N–H and O–H groups in total. The number of methoxy groups -OCH3 is 2. The van der Waals surface area contributed by atoms with Crippen molar-refractivity contribution in [3.8, 4) is 11.8 Å². The van der Waals surface area contributed by atoms with Crippen molar-refractivity contribution < 1.29 is 9.47 Å². The van der Waals surface area contributed by atoms with Crippen molar-refractivity contribution in [2.75, 3.05) is 14.2 Å². The zero-order valence-corrected chi connectivity index (χ0v) is 10.2. The summed E-state index contributed by atoms with van der Waals surface area (Å²) in [4.78, 5) is 11.6. The Morgan fingerprint density at radius 1 is 1.35 bits per heavy atom. The van der Waals surface area contributed by atoms with Crippen LogP contribution < -0.4 is 15.0 Å². The van der Waals surface area contributed by atoms with E-state index in [1.54, 1.807) is 7.11 Å². The van der Waals surface area contributed by atoms with Gasteiger partial charge in [0.25, 0.3) is 5.56 Å². The summed E-state index contributed by atoms with van der Waals surface area (Å²) in [5.41, 5.74) is 0.624. The van der Waals surface area contributed by atoms with Crippen LogP contribution in [0.4, 0.5) is 0 Å². The van der Waals surface area contributed by atoms with Gasteiger partial charge in [-0.1, -0.05) is 0 Å². The summed E-state index contributed by atoms with van der Waals surface area (Å²) in [6.45, 7) is 0.315. The fourth-order valence-corrected chi connectivity index (χ4v) is 1.98. The van der Waals surface area contributed by atoms with E-state index in [9.17, 15) is 4.79 Å². The zero-order chi connectivity index (χ0) is 12.3. The lowest BCUT2D eigenvalue weighted by Gasteiger charge is -2.05. The molecule has 0 amide bonds. The molecule has 0 aliphatic carbocycles. The summed E-state index contributed by atoms with van der Waals surface area (Å²) in [5.74, 6) is 0.915. The monoisotopic (exact) mass is 253 g/mol. The lowest BCUT2D eigenvalue weighted by atomic mass is 10.3. The maximum Gasteiger partial charge on any atom is 0.267 e. The Hall–Kier alpha value is -1.89. The summed E-state index contributed by atoms with van der Waals surface area (Å²) in [7, 11) is 3.05. The van der Waals surface area contributed by atoms with E-state index in [2.05, 4.69) is 9.47 Å². The highest BCUT2D eigenvalue weighted by atomic mass is 32.1. The lowest BCUT2D eigenvalue weighted by Crippen LogP contribution is -2.22. The van der Waals surface area contributed by atoms with Crippen LogP contribution in [0.5, 0.6) is 11.8 Å². The highest BCUT2D eigenvalue weighted by Gasteiger charge is 2.09. The third kappa shape index (κ3) is 2.44. The van der Waals surface area contributed by atoms with Crippen LogP contribution in [0.15, 0.2) is 22.3 Å². The molecular weight excluding hydrogens is 242 g/mol. The van der Waals surface area contributed by atoms with Gasteiger partial charge in [0, 0.05) is 23.1 Å². The van der Waals surface area contributed by atoms with Crippen molar-refractivity contribution in [2.24, 2.45) is 0 Å². The molecule has 0 fully saturated rings. The van der Waals surface area contributed by atoms with Gasteiger partial charge >= 0.3 is 0 Å². The first-order chi connectivity index (χ1) is 8.24. The molecule has 2 aromatic heterocycles. The van der Waals surface area contributed by atoms with Crippen LogP contribution in [0.1, 0.15) is 5.56 Å². The van der Waals surface area contributed by atoms with E-state index in [0.29, 0.717) is 18.3 Å². The predicted octanol–water partition coefficient (Wildman–Crippen LogP) is 0.765. The number of hydrogen-bond donors (Lipinski definition) is 0. The van der Waals surface area contributed by atoms with Crippen molar-refractivity contribution in [2.45, 2.75) is 6.54 Å². The smallest absolute Gasteiger partial charge is 0.267 e. The molecule has 6 nitrogen and oxygen atoms in total. The molecule has 0 aromatic carbocycles. The minimum atomic E-state index is -0.195. The summed E-state index contributed by atoms with van der Waals surface area (Å²) in [5, 5.41) is 5.87. The predicted molar refractivity (Wildman–Crippen MR) is 62.8 cm³/mol. The van der Waals surface area contributed by atoms with Crippen LogP contribution in [0.25, 0.3) is 0 Å². The van der Waals surface area contributed by atoms with E-state index < -0.39 is 0 Å². The number of ether oxygens (including phenoxy) is 2. The van der Waals surface area contributed by atoms with Gasteiger partial charge in [-0.2, -0.15) is 4.37 Å². The van der Waals surface area contributed by atoms with Crippen molar-refractivity contribution in [3.05, 3.63) is 33.4 Å². The summed E-state index contributed by atoms with van der Waals surface area (Å²) in [6.07, 6.45) is 0. The number of aromatic nitrogens is 3. The standard InChI is InChI=1S/C10H11N3O3S/c1-15-8-3-4-9(14)13(11-8)5-7-6-17-12-10(7)16-2/h3-4,6H,5H2,1-2H3. The van der Waals surface area contributed by atoms with E-state index in [1.165, 1.54) is 35.5 Å². The second-order valence-corrected chi connectivity index (χ2v) is 3.85. The van der Waals surface area contributed by atoms with Crippen molar-refractivity contribution in [1.82, 2.24) is 14.2 Å². The lowest BCUT2D eigenvalue weighted by molar-refractivity contribution is 0.374. The van der Waals surface area contributed by atoms with Crippen LogP contribution in [0.2, 0.25) is 0 Å². The minimum absolute atomic E-state index is 0.195. The molecule has 0 saturated carbocycles. The molecule has 0 radical (unpaired) electrons. The molecule has 2 aromatic rings. The van der Waals surface area contributed by atoms with Gasteiger partial charge in [0.05, 0.1) is 20.8 Å². The molecule has 7 heteroatoms. The Balaban J connectivity index is 2.32. The Morgan fingerprint density at radius 3 is 2.88 bits per heavy atom. The summed E-state index contributed by atoms with van der Waals surface area (Å²) >= 11 is 1.28. The normalized spacial score (nSPS) is 10.2. The average molecular weight is 253 g/mol. The quantitative estimate of drug-likeness (QED) is 0.805. The molecule has 17 heavy (non-hydrogen) atoms. The van der Waals surface area contributed by atoms with Crippen LogP contribution in [-0.4, -0.2) is 28.4 Å². The summed E-state index contributed by atoms with van der Waals surface area (Å²) in [6, 6.07) is 2.94. The zero-order valence-electron chi connectivity index (χ0n) is 9.41. The SMILES string of the molecule is COc1ccc(=O)n(Cc2csnc2OC)n1. The fourth-order valence-electron chi connectivity index (χ4n) is 1.33. The topological polar surface area (TPSA) is 66.2 Å². The Morgan fingerprint density at radius 2 is 2.18 bits per heavy atom. The Labute approximate surface area is 102 Å². The second kappa shape index (κ2) is 4.96. The fraction of sp³-hybridized carbons (Fsp3) is 0.300. The molecule has 0 bridgehead atoms. The van der Waals surface area contributed by atoms with Crippen LogP contribution >= 0.6 is 11.5 Å². The van der Waals surface area contributed by atoms with Gasteiger partial charge in [-0.05, 0) is 11.5 Å². The molecular formula is C10H11N3O3S. The van der Waals surface area contributed by atoms with E-state index in [4.69, 9.17) is 9.47 Å². The Kier molecular flexibility index (Phi) is 3.38. The van der Waals surface area contributed by atoms with Gasteiger partial charge in [-0.3, -0.25) is 4.79 Å². The molecule has 0 aliphatic heterocycles. The van der Waals surface area contributed by atoms with Crippen LogP contribution in [0, 0.1) is 0 Å². The molecule has 2 heterocycles. The van der Waals surface area contributed by atoms with E-state index in [1.807, 2.05) is 5.38 Å². The van der Waals surface area contributed by atoms with Crippen LogP contribution in [-0.2, 0) is 6.54 Å². The van der Waals surface area contributed by atoms with Gasteiger partial charge in [0.2, 0.25) is 11.8 Å². The molecule has 0 atom stereocenters. The minimum Gasteiger partial charge on any atom is -0.480 e.